The molecule has 128 valence electrons. The first-order valence-corrected chi connectivity index (χ1v) is 8.11. The van der Waals surface area contributed by atoms with Gasteiger partial charge in [0.1, 0.15) is 23.6 Å². The minimum absolute atomic E-state index is 0.418. The van der Waals surface area contributed by atoms with E-state index in [1.807, 2.05) is 61.5 Å². The Balaban J connectivity index is 1.43. The van der Waals surface area contributed by atoms with Crippen LogP contribution < -0.4 is 9.47 Å². The Labute approximate surface area is 150 Å². The highest BCUT2D eigenvalue weighted by molar-refractivity contribution is 5.39. The molecular formula is C20H16N4O2. The standard InChI is InChI=1S/C20H16N4O2/c1-15-4-2-3-5-18(15)25-16-6-8-17(9-7-16)26-20-11-10-19(22-23-20)24-13-12-21-14-24/h2-14H,1H3. The number of nitrogens with zero attached hydrogens (tertiary/aromatic N) is 4. The van der Waals surface area contributed by atoms with E-state index in [0.717, 1.165) is 17.1 Å². The minimum atomic E-state index is 0.418. The van der Waals surface area contributed by atoms with E-state index in [9.17, 15) is 0 Å². The summed E-state index contributed by atoms with van der Waals surface area (Å²) < 4.78 is 13.4. The molecule has 2 aromatic carbocycles. The number of hydrogen-bond acceptors (Lipinski definition) is 5. The lowest BCUT2D eigenvalue weighted by Gasteiger charge is -2.09. The highest BCUT2D eigenvalue weighted by Gasteiger charge is 2.04. The summed E-state index contributed by atoms with van der Waals surface area (Å²) in [7, 11) is 0. The van der Waals surface area contributed by atoms with Gasteiger partial charge in [0.2, 0.25) is 5.88 Å². The predicted octanol–water partition coefficient (Wildman–Crippen LogP) is 4.56. The molecule has 4 rings (SSSR count). The van der Waals surface area contributed by atoms with E-state index in [0.29, 0.717) is 17.4 Å². The van der Waals surface area contributed by atoms with E-state index < -0.39 is 0 Å². The van der Waals surface area contributed by atoms with Gasteiger partial charge >= 0.3 is 0 Å². The van der Waals surface area contributed by atoms with Crippen molar-refractivity contribution in [1.82, 2.24) is 19.7 Å². The van der Waals surface area contributed by atoms with Gasteiger partial charge in [-0.2, -0.15) is 0 Å². The Morgan fingerprint density at radius 2 is 1.58 bits per heavy atom. The topological polar surface area (TPSA) is 62.1 Å². The van der Waals surface area contributed by atoms with Gasteiger partial charge in [0, 0.05) is 18.5 Å². The smallest absolute Gasteiger partial charge is 0.238 e. The Bertz CT molecular complexity index is 981. The van der Waals surface area contributed by atoms with Crippen molar-refractivity contribution in [3.05, 3.63) is 84.9 Å². The van der Waals surface area contributed by atoms with Crippen LogP contribution in [0, 0.1) is 6.92 Å². The molecule has 0 bridgehead atoms. The fourth-order valence-corrected chi connectivity index (χ4v) is 2.39. The lowest BCUT2D eigenvalue weighted by Crippen LogP contribution is -1.97. The molecule has 0 saturated carbocycles. The SMILES string of the molecule is Cc1ccccc1Oc1ccc(Oc2ccc(-n3ccnc3)nn2)cc1. The zero-order valence-electron chi connectivity index (χ0n) is 14.1. The molecule has 0 spiro atoms. The van der Waals surface area contributed by atoms with Crippen molar-refractivity contribution in [3.63, 3.8) is 0 Å². The molecule has 0 aliphatic carbocycles. The third kappa shape index (κ3) is 3.54. The van der Waals surface area contributed by atoms with Gasteiger partial charge in [0.15, 0.2) is 5.82 Å². The lowest BCUT2D eigenvalue weighted by atomic mass is 10.2. The molecule has 0 aliphatic heterocycles. The van der Waals surface area contributed by atoms with Crippen LogP contribution in [0.1, 0.15) is 5.56 Å². The number of benzene rings is 2. The Morgan fingerprint density at radius 1 is 0.808 bits per heavy atom. The summed E-state index contributed by atoms with van der Waals surface area (Å²) >= 11 is 0. The van der Waals surface area contributed by atoms with E-state index in [4.69, 9.17) is 9.47 Å². The summed E-state index contributed by atoms with van der Waals surface area (Å²) in [6.07, 6.45) is 5.15. The highest BCUT2D eigenvalue weighted by atomic mass is 16.5. The molecule has 6 nitrogen and oxygen atoms in total. The molecule has 0 unspecified atom stereocenters. The van der Waals surface area contributed by atoms with E-state index in [2.05, 4.69) is 15.2 Å². The number of ether oxygens (including phenoxy) is 2. The molecule has 0 aliphatic rings. The van der Waals surface area contributed by atoms with Gasteiger partial charge in [-0.15, -0.1) is 10.2 Å². The monoisotopic (exact) mass is 344 g/mol. The summed E-state index contributed by atoms with van der Waals surface area (Å²) in [5.41, 5.74) is 1.08. The largest absolute Gasteiger partial charge is 0.457 e. The second-order valence-electron chi connectivity index (χ2n) is 5.64. The van der Waals surface area contributed by atoms with Gasteiger partial charge in [0.05, 0.1) is 0 Å². The fraction of sp³-hybridized carbons (Fsp3) is 0.0500. The van der Waals surface area contributed by atoms with Crippen molar-refractivity contribution < 1.29 is 9.47 Å². The van der Waals surface area contributed by atoms with Crippen molar-refractivity contribution in [2.45, 2.75) is 6.92 Å². The maximum Gasteiger partial charge on any atom is 0.238 e. The molecule has 0 fully saturated rings. The summed E-state index contributed by atoms with van der Waals surface area (Å²) in [6.45, 7) is 2.01. The Morgan fingerprint density at radius 3 is 2.23 bits per heavy atom. The van der Waals surface area contributed by atoms with Crippen LogP contribution >= 0.6 is 0 Å². The number of imidazole rings is 1. The molecule has 0 atom stereocenters. The van der Waals surface area contributed by atoms with Crippen molar-refractivity contribution >= 4 is 0 Å². The van der Waals surface area contributed by atoms with Crippen LogP contribution in [0.3, 0.4) is 0 Å². The van der Waals surface area contributed by atoms with E-state index in [1.54, 1.807) is 29.4 Å². The number of aryl methyl sites for hydroxylation is 1. The normalized spacial score (nSPS) is 10.5. The molecule has 0 amide bonds. The number of para-hydroxylation sites is 1. The van der Waals surface area contributed by atoms with Crippen LogP contribution in [0.2, 0.25) is 0 Å². The molecule has 0 radical (unpaired) electrons. The quantitative estimate of drug-likeness (QED) is 0.531. The van der Waals surface area contributed by atoms with Crippen LogP contribution in [-0.2, 0) is 0 Å². The van der Waals surface area contributed by atoms with Crippen molar-refractivity contribution in [3.8, 4) is 28.9 Å². The van der Waals surface area contributed by atoms with Crippen molar-refractivity contribution in [2.75, 3.05) is 0 Å². The summed E-state index contributed by atoms with van der Waals surface area (Å²) in [5.74, 6) is 3.33. The van der Waals surface area contributed by atoms with Crippen LogP contribution in [0.5, 0.6) is 23.1 Å². The maximum absolute atomic E-state index is 5.88. The molecule has 2 aromatic heterocycles. The minimum Gasteiger partial charge on any atom is -0.457 e. The fourth-order valence-electron chi connectivity index (χ4n) is 2.39. The summed E-state index contributed by atoms with van der Waals surface area (Å²) in [5, 5.41) is 8.20. The first kappa shape index (κ1) is 15.8. The molecule has 0 saturated heterocycles. The lowest BCUT2D eigenvalue weighted by molar-refractivity contribution is 0.449. The van der Waals surface area contributed by atoms with E-state index >= 15 is 0 Å². The predicted molar refractivity (Wildman–Crippen MR) is 96.9 cm³/mol. The first-order chi connectivity index (χ1) is 12.8. The van der Waals surface area contributed by atoms with Gasteiger partial charge in [-0.1, -0.05) is 18.2 Å². The van der Waals surface area contributed by atoms with Crippen molar-refractivity contribution in [1.29, 1.82) is 0 Å². The van der Waals surface area contributed by atoms with Crippen LogP contribution in [0.25, 0.3) is 5.82 Å². The van der Waals surface area contributed by atoms with E-state index in [-0.39, 0.29) is 0 Å². The Kier molecular flexibility index (Phi) is 4.30. The van der Waals surface area contributed by atoms with Gasteiger partial charge < -0.3 is 9.47 Å². The number of aromatic nitrogens is 4. The number of hydrogen-bond donors (Lipinski definition) is 0. The average molecular weight is 344 g/mol. The molecular weight excluding hydrogens is 328 g/mol. The number of rotatable bonds is 5. The zero-order chi connectivity index (χ0) is 17.8. The van der Waals surface area contributed by atoms with Crippen LogP contribution in [0.4, 0.5) is 0 Å². The second kappa shape index (κ2) is 7.06. The zero-order valence-corrected chi connectivity index (χ0v) is 14.1. The molecule has 4 aromatic rings. The average Bonchev–Trinajstić information content (AvgIpc) is 3.21. The molecule has 6 heteroatoms. The van der Waals surface area contributed by atoms with Gasteiger partial charge in [-0.3, -0.25) is 4.57 Å². The van der Waals surface area contributed by atoms with E-state index in [1.165, 1.54) is 0 Å². The van der Waals surface area contributed by atoms with Crippen LogP contribution in [-0.4, -0.2) is 19.7 Å². The van der Waals surface area contributed by atoms with Gasteiger partial charge in [-0.25, -0.2) is 4.98 Å². The summed E-state index contributed by atoms with van der Waals surface area (Å²) in [4.78, 5) is 3.98. The van der Waals surface area contributed by atoms with Gasteiger partial charge in [0.25, 0.3) is 0 Å². The first-order valence-electron chi connectivity index (χ1n) is 8.11. The molecule has 0 N–H and O–H groups in total. The highest BCUT2D eigenvalue weighted by Crippen LogP contribution is 2.27. The summed E-state index contributed by atoms with van der Waals surface area (Å²) in [6, 6.07) is 18.8. The Hall–Kier alpha value is -3.67. The maximum atomic E-state index is 5.88. The molecule has 26 heavy (non-hydrogen) atoms. The third-order valence-electron chi connectivity index (χ3n) is 3.76. The second-order valence-corrected chi connectivity index (χ2v) is 5.64. The van der Waals surface area contributed by atoms with Gasteiger partial charge in [-0.05, 0) is 48.9 Å². The van der Waals surface area contributed by atoms with Crippen molar-refractivity contribution in [2.24, 2.45) is 0 Å². The van der Waals surface area contributed by atoms with Crippen LogP contribution in [0.15, 0.2) is 79.4 Å². The third-order valence-corrected chi connectivity index (χ3v) is 3.76. The molecule has 2 heterocycles.